The molecule has 3 aliphatic rings. The standard InChI is InChI=1S/C26H32N4O4/c1-33-22-9-3-2-7-19(22)17-29-14-11-20(12-15-29)26(23-10-4-5-13-27-23)24(31)30(25(32)28-26)18-21-8-6-16-34-21/h2-5,7,9-10,13,20-21H,6,8,11-12,14-18H2,1H3,(H,28,32). The van der Waals surface area contributed by atoms with Gasteiger partial charge in [0, 0.05) is 24.9 Å². The zero-order chi connectivity index (χ0) is 23.5. The highest BCUT2D eigenvalue weighted by atomic mass is 16.5. The van der Waals surface area contributed by atoms with Gasteiger partial charge in [-0.25, -0.2) is 4.79 Å². The number of para-hydroxylation sites is 1. The Balaban J connectivity index is 1.35. The number of nitrogens with one attached hydrogen (secondary N) is 1. The van der Waals surface area contributed by atoms with Crippen LogP contribution in [-0.2, 0) is 21.6 Å². The monoisotopic (exact) mass is 464 g/mol. The maximum Gasteiger partial charge on any atom is 0.325 e. The molecule has 0 radical (unpaired) electrons. The van der Waals surface area contributed by atoms with E-state index in [2.05, 4.69) is 21.3 Å². The lowest BCUT2D eigenvalue weighted by Gasteiger charge is -2.40. The molecule has 3 saturated heterocycles. The summed E-state index contributed by atoms with van der Waals surface area (Å²) in [5, 5.41) is 3.09. The van der Waals surface area contributed by atoms with Crippen LogP contribution in [0.1, 0.15) is 36.9 Å². The Kier molecular flexibility index (Phi) is 6.52. The van der Waals surface area contributed by atoms with E-state index in [4.69, 9.17) is 9.47 Å². The summed E-state index contributed by atoms with van der Waals surface area (Å²) >= 11 is 0. The number of pyridine rings is 1. The molecule has 3 aliphatic heterocycles. The molecular weight excluding hydrogens is 432 g/mol. The van der Waals surface area contributed by atoms with E-state index in [0.29, 0.717) is 18.8 Å². The molecular formula is C26H32N4O4. The second-order valence-corrected chi connectivity index (χ2v) is 9.37. The predicted octanol–water partition coefficient (Wildman–Crippen LogP) is 2.93. The van der Waals surface area contributed by atoms with Gasteiger partial charge in [-0.15, -0.1) is 0 Å². The van der Waals surface area contributed by atoms with Crippen LogP contribution in [0.25, 0.3) is 0 Å². The van der Waals surface area contributed by atoms with Crippen molar-refractivity contribution in [2.45, 2.75) is 43.9 Å². The second kappa shape index (κ2) is 9.72. The number of hydrogen-bond acceptors (Lipinski definition) is 6. The fourth-order valence-corrected chi connectivity index (χ4v) is 5.61. The molecule has 180 valence electrons. The summed E-state index contributed by atoms with van der Waals surface area (Å²) in [5.41, 5.74) is 0.634. The third-order valence-electron chi connectivity index (χ3n) is 7.40. The Bertz CT molecular complexity index is 1020. The highest BCUT2D eigenvalue weighted by Gasteiger charge is 2.58. The Labute approximate surface area is 200 Å². The minimum Gasteiger partial charge on any atom is -0.496 e. The molecule has 2 unspecified atom stereocenters. The zero-order valence-corrected chi connectivity index (χ0v) is 19.6. The maximum absolute atomic E-state index is 13.9. The van der Waals surface area contributed by atoms with Crippen LogP contribution in [0.4, 0.5) is 4.79 Å². The number of piperidine rings is 1. The molecule has 8 nitrogen and oxygen atoms in total. The summed E-state index contributed by atoms with van der Waals surface area (Å²) in [6, 6.07) is 13.3. The molecule has 1 aromatic carbocycles. The molecule has 3 fully saturated rings. The van der Waals surface area contributed by atoms with Crippen molar-refractivity contribution in [1.29, 1.82) is 0 Å². The van der Waals surface area contributed by atoms with Crippen LogP contribution in [-0.4, -0.2) is 66.2 Å². The van der Waals surface area contributed by atoms with Gasteiger partial charge >= 0.3 is 6.03 Å². The predicted molar refractivity (Wildman–Crippen MR) is 126 cm³/mol. The largest absolute Gasteiger partial charge is 0.496 e. The smallest absolute Gasteiger partial charge is 0.325 e. The van der Waals surface area contributed by atoms with Gasteiger partial charge in [-0.3, -0.25) is 19.6 Å². The van der Waals surface area contributed by atoms with E-state index in [1.54, 1.807) is 13.3 Å². The average Bonchev–Trinajstić information content (AvgIpc) is 3.48. The third-order valence-corrected chi connectivity index (χ3v) is 7.40. The summed E-state index contributed by atoms with van der Waals surface area (Å²) in [4.78, 5) is 35.2. The van der Waals surface area contributed by atoms with Gasteiger partial charge in [0.25, 0.3) is 5.91 Å². The van der Waals surface area contributed by atoms with E-state index in [0.717, 1.165) is 56.6 Å². The Hall–Kier alpha value is -2.97. The van der Waals surface area contributed by atoms with Gasteiger partial charge in [0.2, 0.25) is 0 Å². The van der Waals surface area contributed by atoms with Gasteiger partial charge in [-0.2, -0.15) is 0 Å². The molecule has 1 aromatic heterocycles. The number of methoxy groups -OCH3 is 1. The van der Waals surface area contributed by atoms with Crippen molar-refractivity contribution in [3.63, 3.8) is 0 Å². The minimum absolute atomic E-state index is 0.0396. The van der Waals surface area contributed by atoms with Crippen molar-refractivity contribution in [2.75, 3.05) is 33.4 Å². The van der Waals surface area contributed by atoms with Crippen LogP contribution < -0.4 is 10.1 Å². The number of urea groups is 1. The number of aromatic nitrogens is 1. The average molecular weight is 465 g/mol. The molecule has 2 aromatic rings. The molecule has 0 bridgehead atoms. The topological polar surface area (TPSA) is 84.0 Å². The summed E-state index contributed by atoms with van der Waals surface area (Å²) in [5.74, 6) is 0.648. The lowest BCUT2D eigenvalue weighted by Crippen LogP contribution is -2.54. The van der Waals surface area contributed by atoms with Crippen molar-refractivity contribution in [1.82, 2.24) is 20.1 Å². The van der Waals surface area contributed by atoms with E-state index < -0.39 is 5.54 Å². The number of carbonyl (C=O) groups excluding carboxylic acids is 2. The van der Waals surface area contributed by atoms with Crippen LogP contribution in [0.3, 0.4) is 0 Å². The lowest BCUT2D eigenvalue weighted by atomic mass is 9.75. The van der Waals surface area contributed by atoms with E-state index in [1.807, 2.05) is 36.4 Å². The summed E-state index contributed by atoms with van der Waals surface area (Å²) < 4.78 is 11.2. The first kappa shape index (κ1) is 22.8. The summed E-state index contributed by atoms with van der Waals surface area (Å²) in [6.07, 6.45) is 5.00. The zero-order valence-electron chi connectivity index (χ0n) is 19.6. The molecule has 3 amide bonds. The number of hydrogen-bond donors (Lipinski definition) is 1. The molecule has 0 saturated carbocycles. The molecule has 2 atom stereocenters. The molecule has 5 rings (SSSR count). The van der Waals surface area contributed by atoms with Gasteiger partial charge in [-0.1, -0.05) is 24.3 Å². The van der Waals surface area contributed by atoms with Gasteiger partial charge < -0.3 is 14.8 Å². The summed E-state index contributed by atoms with van der Waals surface area (Å²) in [7, 11) is 1.69. The fraction of sp³-hybridized carbons (Fsp3) is 0.500. The third kappa shape index (κ3) is 4.16. The number of likely N-dealkylation sites (tertiary alicyclic amines) is 1. The van der Waals surface area contributed by atoms with Crippen molar-refractivity contribution in [3.05, 3.63) is 59.9 Å². The van der Waals surface area contributed by atoms with E-state index in [1.165, 1.54) is 4.90 Å². The van der Waals surface area contributed by atoms with Crippen LogP contribution in [0.15, 0.2) is 48.7 Å². The number of benzene rings is 1. The van der Waals surface area contributed by atoms with Crippen molar-refractivity contribution in [2.24, 2.45) is 5.92 Å². The first-order chi connectivity index (χ1) is 16.6. The van der Waals surface area contributed by atoms with E-state index in [-0.39, 0.29) is 24.0 Å². The first-order valence-electron chi connectivity index (χ1n) is 12.1. The lowest BCUT2D eigenvalue weighted by molar-refractivity contribution is -0.135. The van der Waals surface area contributed by atoms with Crippen molar-refractivity contribution < 1.29 is 19.1 Å². The minimum atomic E-state index is -1.13. The Morgan fingerprint density at radius 3 is 2.62 bits per heavy atom. The van der Waals surface area contributed by atoms with Gasteiger partial charge in [0.05, 0.1) is 25.5 Å². The highest BCUT2D eigenvalue weighted by molar-refractivity contribution is 6.07. The van der Waals surface area contributed by atoms with Gasteiger partial charge in [0.1, 0.15) is 5.75 Å². The maximum atomic E-state index is 13.9. The number of imide groups is 1. The Morgan fingerprint density at radius 1 is 1.12 bits per heavy atom. The number of carbonyl (C=O) groups is 2. The molecule has 34 heavy (non-hydrogen) atoms. The van der Waals surface area contributed by atoms with Crippen LogP contribution in [0, 0.1) is 5.92 Å². The number of nitrogens with zero attached hydrogens (tertiary/aromatic N) is 3. The SMILES string of the molecule is COc1ccccc1CN1CCC(C2(c3ccccn3)NC(=O)N(CC3CCCO3)C2=O)CC1. The van der Waals surface area contributed by atoms with Gasteiger partial charge in [0.15, 0.2) is 5.54 Å². The molecule has 0 aliphatic carbocycles. The normalized spacial score (nSPS) is 26.1. The highest BCUT2D eigenvalue weighted by Crippen LogP contribution is 2.41. The summed E-state index contributed by atoms with van der Waals surface area (Å²) in [6.45, 7) is 3.42. The molecule has 1 N–H and O–H groups in total. The Morgan fingerprint density at radius 2 is 1.91 bits per heavy atom. The van der Waals surface area contributed by atoms with Crippen molar-refractivity contribution in [3.8, 4) is 5.75 Å². The van der Waals surface area contributed by atoms with E-state index in [9.17, 15) is 9.59 Å². The number of rotatable bonds is 7. The molecule has 0 spiro atoms. The van der Waals surface area contributed by atoms with E-state index >= 15 is 0 Å². The van der Waals surface area contributed by atoms with Crippen molar-refractivity contribution >= 4 is 11.9 Å². The first-order valence-corrected chi connectivity index (χ1v) is 12.1. The van der Waals surface area contributed by atoms with Crippen LogP contribution in [0.2, 0.25) is 0 Å². The number of amides is 3. The molecule has 8 heteroatoms. The number of ether oxygens (including phenoxy) is 2. The fourth-order valence-electron chi connectivity index (χ4n) is 5.61. The van der Waals surface area contributed by atoms with Gasteiger partial charge in [-0.05, 0) is 62.9 Å². The van der Waals surface area contributed by atoms with Crippen LogP contribution in [0.5, 0.6) is 5.75 Å². The van der Waals surface area contributed by atoms with Crippen LogP contribution >= 0.6 is 0 Å². The second-order valence-electron chi connectivity index (χ2n) is 9.37. The quantitative estimate of drug-likeness (QED) is 0.635. The molecule has 4 heterocycles.